The third-order valence-corrected chi connectivity index (χ3v) is 5.66. The van der Waals surface area contributed by atoms with Crippen LogP contribution in [-0.4, -0.2) is 52.2 Å². The van der Waals surface area contributed by atoms with E-state index in [1.807, 2.05) is 31.2 Å². The molecule has 5 nitrogen and oxygen atoms in total. The van der Waals surface area contributed by atoms with Gasteiger partial charge in [-0.15, -0.1) is 0 Å². The standard InChI is InChI=1S/C26H27NO4.Na/c1-17-9-11-20(12-10-17)26-27-23(18(2)31-26)15-16-30-24-8-4-6-21-19(13-14-25(28)29)5-3-7-22(21)24;/h4-6,8-12H,3,7,13-16H2,1-2H3,(H,28,29);. The number of aromatic nitrogens is 1. The number of ether oxygens (including phenoxy) is 1. The molecule has 0 atom stereocenters. The van der Waals surface area contributed by atoms with Gasteiger partial charge in [0.2, 0.25) is 5.89 Å². The van der Waals surface area contributed by atoms with Crippen LogP contribution in [0.4, 0.5) is 0 Å². The van der Waals surface area contributed by atoms with E-state index in [2.05, 4.69) is 36.2 Å². The van der Waals surface area contributed by atoms with Crippen LogP contribution in [-0.2, 0) is 17.6 Å². The van der Waals surface area contributed by atoms with E-state index in [4.69, 9.17) is 14.3 Å². The molecular weight excluding hydrogens is 413 g/mol. The molecule has 1 aliphatic carbocycles. The van der Waals surface area contributed by atoms with Crippen LogP contribution in [0.1, 0.15) is 47.4 Å². The number of aryl methyl sites for hydroxylation is 2. The third kappa shape index (κ3) is 5.71. The van der Waals surface area contributed by atoms with Crippen LogP contribution in [0.15, 0.2) is 53.0 Å². The number of nitrogens with zero attached hydrogens (tertiary/aromatic N) is 1. The molecule has 2 aromatic carbocycles. The smallest absolute Gasteiger partial charge is 0.303 e. The Morgan fingerprint density at radius 3 is 2.66 bits per heavy atom. The molecule has 0 unspecified atom stereocenters. The van der Waals surface area contributed by atoms with Gasteiger partial charge in [0.25, 0.3) is 0 Å². The van der Waals surface area contributed by atoms with Crippen molar-refractivity contribution in [1.29, 1.82) is 0 Å². The summed E-state index contributed by atoms with van der Waals surface area (Å²) in [5.74, 6) is 1.55. The Hall–Kier alpha value is -2.34. The molecular formula is C26H27NNaO4. The predicted molar refractivity (Wildman–Crippen MR) is 126 cm³/mol. The summed E-state index contributed by atoms with van der Waals surface area (Å²) in [7, 11) is 0. The Bertz CT molecular complexity index is 1120. The fourth-order valence-electron chi connectivity index (χ4n) is 3.98. The average Bonchev–Trinajstić information content (AvgIpc) is 3.13. The third-order valence-electron chi connectivity index (χ3n) is 5.66. The Kier molecular flexibility index (Phi) is 8.35. The van der Waals surface area contributed by atoms with E-state index in [1.165, 1.54) is 11.1 Å². The number of carboxylic acid groups (broad SMARTS) is 1. The quantitative estimate of drug-likeness (QED) is 0.475. The molecule has 0 amide bonds. The van der Waals surface area contributed by atoms with Gasteiger partial charge >= 0.3 is 5.97 Å². The second-order valence-electron chi connectivity index (χ2n) is 7.93. The summed E-state index contributed by atoms with van der Waals surface area (Å²) in [6.45, 7) is 4.50. The van der Waals surface area contributed by atoms with Crippen LogP contribution in [0.25, 0.3) is 17.0 Å². The molecule has 4 rings (SSSR count). The number of rotatable bonds is 8. The molecule has 0 fully saturated rings. The van der Waals surface area contributed by atoms with Crippen molar-refractivity contribution in [1.82, 2.24) is 4.98 Å². The summed E-state index contributed by atoms with van der Waals surface area (Å²) in [5, 5.41) is 9.01. The zero-order valence-corrected chi connectivity index (χ0v) is 21.0. The fraction of sp³-hybridized carbons (Fsp3) is 0.308. The van der Waals surface area contributed by atoms with Gasteiger partial charge in [0.1, 0.15) is 11.5 Å². The van der Waals surface area contributed by atoms with Crippen molar-refractivity contribution in [3.05, 3.63) is 76.7 Å². The van der Waals surface area contributed by atoms with E-state index < -0.39 is 5.97 Å². The molecule has 1 heterocycles. The molecule has 0 spiro atoms. The first-order valence-electron chi connectivity index (χ1n) is 10.7. The fourth-order valence-corrected chi connectivity index (χ4v) is 3.98. The number of oxazole rings is 1. The minimum Gasteiger partial charge on any atom is -0.493 e. The van der Waals surface area contributed by atoms with Crippen molar-refractivity contribution >= 4 is 41.1 Å². The molecule has 1 radical (unpaired) electrons. The average molecular weight is 440 g/mol. The summed E-state index contributed by atoms with van der Waals surface area (Å²) in [6.07, 6.45) is 5.32. The Morgan fingerprint density at radius 1 is 1.12 bits per heavy atom. The van der Waals surface area contributed by atoms with E-state index in [0.29, 0.717) is 25.3 Å². The van der Waals surface area contributed by atoms with Crippen molar-refractivity contribution in [3.8, 4) is 17.2 Å². The zero-order valence-electron chi connectivity index (χ0n) is 19.0. The molecule has 0 saturated carbocycles. The largest absolute Gasteiger partial charge is 0.493 e. The van der Waals surface area contributed by atoms with Crippen molar-refractivity contribution in [2.45, 2.75) is 46.0 Å². The van der Waals surface area contributed by atoms with Gasteiger partial charge in [-0.05, 0) is 62.4 Å². The van der Waals surface area contributed by atoms with Crippen LogP contribution < -0.4 is 4.74 Å². The number of carbonyl (C=O) groups is 1. The number of hydrogen-bond acceptors (Lipinski definition) is 4. The van der Waals surface area contributed by atoms with Crippen LogP contribution in [0.2, 0.25) is 0 Å². The summed E-state index contributed by atoms with van der Waals surface area (Å²) in [4.78, 5) is 15.6. The monoisotopic (exact) mass is 440 g/mol. The minimum absolute atomic E-state index is 0. The van der Waals surface area contributed by atoms with Crippen LogP contribution in [0, 0.1) is 13.8 Å². The molecule has 0 saturated heterocycles. The summed E-state index contributed by atoms with van der Waals surface area (Å²) >= 11 is 0. The van der Waals surface area contributed by atoms with Gasteiger partial charge in [-0.3, -0.25) is 4.79 Å². The molecule has 3 aromatic rings. The maximum atomic E-state index is 11.0. The Balaban J connectivity index is 0.00000289. The number of carboxylic acids is 1. The molecule has 0 aliphatic heterocycles. The first kappa shape index (κ1) is 24.3. The second kappa shape index (κ2) is 11.0. The van der Waals surface area contributed by atoms with Gasteiger partial charge in [-0.2, -0.15) is 0 Å². The zero-order chi connectivity index (χ0) is 21.8. The molecule has 161 valence electrons. The maximum Gasteiger partial charge on any atom is 0.303 e. The van der Waals surface area contributed by atoms with Gasteiger partial charge in [-0.1, -0.05) is 35.9 Å². The number of aliphatic carboxylic acids is 1. The van der Waals surface area contributed by atoms with Crippen LogP contribution in [0.5, 0.6) is 5.75 Å². The summed E-state index contributed by atoms with van der Waals surface area (Å²) in [5.41, 5.74) is 6.46. The van der Waals surface area contributed by atoms with Crippen molar-refractivity contribution in [2.75, 3.05) is 6.61 Å². The van der Waals surface area contributed by atoms with Crippen LogP contribution in [0.3, 0.4) is 0 Å². The van der Waals surface area contributed by atoms with E-state index >= 15 is 0 Å². The topological polar surface area (TPSA) is 72.6 Å². The minimum atomic E-state index is -0.770. The maximum absolute atomic E-state index is 11.0. The molecule has 32 heavy (non-hydrogen) atoms. The van der Waals surface area contributed by atoms with E-state index in [9.17, 15) is 4.79 Å². The second-order valence-corrected chi connectivity index (χ2v) is 7.93. The van der Waals surface area contributed by atoms with E-state index in [0.717, 1.165) is 46.7 Å². The van der Waals surface area contributed by atoms with Crippen molar-refractivity contribution in [2.24, 2.45) is 0 Å². The van der Waals surface area contributed by atoms with Gasteiger partial charge in [-0.25, -0.2) is 4.98 Å². The number of hydrogen-bond donors (Lipinski definition) is 1. The Labute approximate surface area is 210 Å². The van der Waals surface area contributed by atoms with E-state index in [-0.39, 0.29) is 36.0 Å². The Morgan fingerprint density at radius 2 is 1.91 bits per heavy atom. The first-order chi connectivity index (χ1) is 15.0. The number of fused-ring (bicyclic) bond motifs is 1. The van der Waals surface area contributed by atoms with Gasteiger partial charge in [0.15, 0.2) is 0 Å². The first-order valence-corrected chi connectivity index (χ1v) is 10.7. The molecule has 1 aromatic heterocycles. The van der Waals surface area contributed by atoms with Crippen molar-refractivity contribution < 1.29 is 19.1 Å². The van der Waals surface area contributed by atoms with Crippen LogP contribution >= 0.6 is 0 Å². The van der Waals surface area contributed by atoms with Crippen molar-refractivity contribution in [3.63, 3.8) is 0 Å². The van der Waals surface area contributed by atoms with Gasteiger partial charge in [0.05, 0.1) is 12.3 Å². The molecule has 1 aliphatic rings. The van der Waals surface area contributed by atoms with Gasteiger partial charge in [0, 0.05) is 53.5 Å². The molecule has 0 bridgehead atoms. The summed E-state index contributed by atoms with van der Waals surface area (Å²) < 4.78 is 12.0. The van der Waals surface area contributed by atoms with Gasteiger partial charge < -0.3 is 14.3 Å². The predicted octanol–water partition coefficient (Wildman–Crippen LogP) is 5.39. The normalized spacial score (nSPS) is 12.5. The molecule has 1 N–H and O–H groups in total. The van der Waals surface area contributed by atoms with E-state index in [1.54, 1.807) is 0 Å². The number of allylic oxidation sites excluding steroid dienone is 2. The summed E-state index contributed by atoms with van der Waals surface area (Å²) in [6, 6.07) is 14.2. The SMILES string of the molecule is Cc1ccc(-c2nc(CCOc3cccc4c3CCC=C4CCC(=O)O)c(C)o2)cc1.[Na]. The number of benzene rings is 2. The molecule has 6 heteroatoms.